The number of carbonyl (C=O) groups is 1. The molecule has 0 fully saturated rings. The molecule has 0 spiro atoms. The predicted molar refractivity (Wildman–Crippen MR) is 117 cm³/mol. The molecule has 0 unspecified atom stereocenters. The minimum absolute atomic E-state index is 0.0894. The molecule has 4 aromatic carbocycles. The maximum absolute atomic E-state index is 13.3. The molecule has 0 heterocycles. The summed E-state index contributed by atoms with van der Waals surface area (Å²) >= 11 is 1.31. The van der Waals surface area contributed by atoms with E-state index in [1.807, 2.05) is 36.4 Å². The molecular formula is C25H22OS. The fourth-order valence-electron chi connectivity index (χ4n) is 3.41. The van der Waals surface area contributed by atoms with Crippen LogP contribution in [0.25, 0.3) is 21.5 Å². The Balaban J connectivity index is 1.78. The van der Waals surface area contributed by atoms with Crippen LogP contribution in [0, 0.1) is 0 Å². The molecule has 0 N–H and O–H groups in total. The highest BCUT2D eigenvalue weighted by atomic mass is 32.2. The van der Waals surface area contributed by atoms with Crippen molar-refractivity contribution in [2.75, 3.05) is 0 Å². The third kappa shape index (κ3) is 3.50. The number of rotatable bonds is 2. The first-order chi connectivity index (χ1) is 12.9. The minimum Gasteiger partial charge on any atom is -0.281 e. The van der Waals surface area contributed by atoms with Crippen molar-refractivity contribution in [3.05, 3.63) is 90.0 Å². The first kappa shape index (κ1) is 17.8. The third-order valence-corrected chi connectivity index (χ3v) is 5.80. The maximum atomic E-state index is 13.3. The first-order valence-corrected chi connectivity index (χ1v) is 9.98. The molecule has 0 aromatic heterocycles. The number of hydrogen-bond donors (Lipinski definition) is 0. The van der Waals surface area contributed by atoms with E-state index in [9.17, 15) is 4.79 Å². The van der Waals surface area contributed by atoms with Gasteiger partial charge in [0.15, 0.2) is 0 Å². The lowest BCUT2D eigenvalue weighted by Crippen LogP contribution is -2.10. The summed E-state index contributed by atoms with van der Waals surface area (Å²) in [5, 5.41) is 4.32. The quantitative estimate of drug-likeness (QED) is 0.274. The van der Waals surface area contributed by atoms with Crippen LogP contribution in [0.1, 0.15) is 36.7 Å². The van der Waals surface area contributed by atoms with Gasteiger partial charge in [-0.2, -0.15) is 0 Å². The van der Waals surface area contributed by atoms with Crippen LogP contribution in [0.3, 0.4) is 0 Å². The SMILES string of the molecule is CC(C)(C)c1ccc(SC(=O)c2c3ccccc3cc3ccccc23)cc1. The lowest BCUT2D eigenvalue weighted by Gasteiger charge is -2.19. The van der Waals surface area contributed by atoms with Gasteiger partial charge in [0.25, 0.3) is 0 Å². The van der Waals surface area contributed by atoms with Gasteiger partial charge in [0.1, 0.15) is 0 Å². The Morgan fingerprint density at radius 1 is 0.741 bits per heavy atom. The van der Waals surface area contributed by atoms with Crippen molar-refractivity contribution in [1.82, 2.24) is 0 Å². The highest BCUT2D eigenvalue weighted by molar-refractivity contribution is 8.14. The van der Waals surface area contributed by atoms with Crippen molar-refractivity contribution in [3.63, 3.8) is 0 Å². The van der Waals surface area contributed by atoms with Gasteiger partial charge in [0, 0.05) is 10.5 Å². The molecule has 27 heavy (non-hydrogen) atoms. The van der Waals surface area contributed by atoms with Crippen molar-refractivity contribution >= 4 is 38.4 Å². The molecule has 0 radical (unpaired) electrons. The van der Waals surface area contributed by atoms with Crippen LogP contribution in [0.2, 0.25) is 0 Å². The van der Waals surface area contributed by atoms with Gasteiger partial charge in [-0.15, -0.1) is 0 Å². The number of fused-ring (bicyclic) bond motifs is 2. The molecular weight excluding hydrogens is 348 g/mol. The van der Waals surface area contributed by atoms with E-state index in [-0.39, 0.29) is 10.5 Å². The van der Waals surface area contributed by atoms with E-state index in [4.69, 9.17) is 0 Å². The predicted octanol–water partition coefficient (Wildman–Crippen LogP) is 7.22. The Labute approximate surface area is 164 Å². The van der Waals surface area contributed by atoms with E-state index in [1.165, 1.54) is 17.3 Å². The number of thioether (sulfide) groups is 1. The Kier molecular flexibility index (Phi) is 4.53. The van der Waals surface area contributed by atoms with E-state index in [2.05, 4.69) is 63.2 Å². The largest absolute Gasteiger partial charge is 0.281 e. The van der Waals surface area contributed by atoms with Gasteiger partial charge < -0.3 is 0 Å². The molecule has 4 rings (SSSR count). The number of hydrogen-bond acceptors (Lipinski definition) is 2. The van der Waals surface area contributed by atoms with Gasteiger partial charge >= 0.3 is 0 Å². The van der Waals surface area contributed by atoms with Gasteiger partial charge in [-0.3, -0.25) is 4.79 Å². The Morgan fingerprint density at radius 2 is 1.26 bits per heavy atom. The van der Waals surface area contributed by atoms with E-state index in [0.29, 0.717) is 0 Å². The molecule has 0 aliphatic heterocycles. The molecule has 0 aliphatic carbocycles. The van der Waals surface area contributed by atoms with E-state index in [0.717, 1.165) is 32.0 Å². The second kappa shape index (κ2) is 6.86. The van der Waals surface area contributed by atoms with Gasteiger partial charge in [-0.1, -0.05) is 81.4 Å². The summed E-state index contributed by atoms with van der Waals surface area (Å²) in [6, 6.07) is 26.8. The van der Waals surface area contributed by atoms with Crippen molar-refractivity contribution in [3.8, 4) is 0 Å². The van der Waals surface area contributed by atoms with Crippen LogP contribution in [-0.4, -0.2) is 5.12 Å². The Morgan fingerprint density at radius 3 is 1.78 bits per heavy atom. The Hall–Kier alpha value is -2.58. The van der Waals surface area contributed by atoms with Crippen LogP contribution >= 0.6 is 11.8 Å². The normalized spacial score (nSPS) is 11.8. The molecule has 0 amide bonds. The fraction of sp³-hybridized carbons (Fsp3) is 0.160. The standard InChI is InChI=1S/C25H22OS/c1-25(2,3)19-12-14-20(15-13-19)27-24(26)23-21-10-6-4-8-17(21)16-18-9-5-7-11-22(18)23/h4-16H,1-3H3. The monoisotopic (exact) mass is 370 g/mol. The van der Waals surface area contributed by atoms with E-state index >= 15 is 0 Å². The van der Waals surface area contributed by atoms with Crippen molar-refractivity contribution in [2.45, 2.75) is 31.1 Å². The first-order valence-electron chi connectivity index (χ1n) is 9.17. The lowest BCUT2D eigenvalue weighted by atomic mass is 9.87. The molecule has 0 saturated heterocycles. The molecule has 1 nitrogen and oxygen atoms in total. The molecule has 2 heteroatoms. The van der Waals surface area contributed by atoms with Gasteiger partial charge in [-0.25, -0.2) is 0 Å². The maximum Gasteiger partial charge on any atom is 0.225 e. The van der Waals surface area contributed by atoms with Gasteiger partial charge in [-0.05, 0) is 62.5 Å². The summed E-state index contributed by atoms with van der Waals surface area (Å²) < 4.78 is 0. The fourth-order valence-corrected chi connectivity index (χ4v) is 4.22. The summed E-state index contributed by atoms with van der Waals surface area (Å²) in [5.74, 6) is 0. The van der Waals surface area contributed by atoms with Crippen molar-refractivity contribution < 1.29 is 4.79 Å². The van der Waals surface area contributed by atoms with E-state index in [1.54, 1.807) is 0 Å². The average Bonchev–Trinajstić information content (AvgIpc) is 2.65. The zero-order valence-corrected chi connectivity index (χ0v) is 16.6. The van der Waals surface area contributed by atoms with Crippen LogP contribution in [0.15, 0.2) is 83.8 Å². The smallest absolute Gasteiger partial charge is 0.225 e. The Bertz CT molecular complexity index is 1080. The van der Waals surface area contributed by atoms with Gasteiger partial charge in [0.05, 0.1) is 0 Å². The highest BCUT2D eigenvalue weighted by Crippen LogP contribution is 2.34. The minimum atomic E-state index is 0.0894. The van der Waals surface area contributed by atoms with Crippen molar-refractivity contribution in [2.24, 2.45) is 0 Å². The molecule has 134 valence electrons. The second-order valence-electron chi connectivity index (χ2n) is 7.86. The molecule has 4 aromatic rings. The summed E-state index contributed by atoms with van der Waals surface area (Å²) in [6.45, 7) is 6.59. The van der Waals surface area contributed by atoms with Crippen molar-refractivity contribution in [1.29, 1.82) is 0 Å². The number of carbonyl (C=O) groups excluding carboxylic acids is 1. The van der Waals surface area contributed by atoms with Crippen LogP contribution in [0.4, 0.5) is 0 Å². The highest BCUT2D eigenvalue weighted by Gasteiger charge is 2.17. The molecule has 0 saturated carbocycles. The zero-order chi connectivity index (χ0) is 19.0. The molecule has 0 atom stereocenters. The number of benzene rings is 4. The molecule has 0 bridgehead atoms. The van der Waals surface area contributed by atoms with Crippen LogP contribution in [-0.2, 0) is 5.41 Å². The van der Waals surface area contributed by atoms with E-state index < -0.39 is 0 Å². The van der Waals surface area contributed by atoms with Gasteiger partial charge in [0.2, 0.25) is 5.12 Å². The second-order valence-corrected chi connectivity index (χ2v) is 8.90. The van der Waals surface area contributed by atoms with Crippen LogP contribution in [0.5, 0.6) is 0 Å². The summed E-state index contributed by atoms with van der Waals surface area (Å²) in [5.41, 5.74) is 2.18. The zero-order valence-electron chi connectivity index (χ0n) is 15.8. The summed E-state index contributed by atoms with van der Waals surface area (Å²) in [4.78, 5) is 14.3. The average molecular weight is 371 g/mol. The summed E-state index contributed by atoms with van der Waals surface area (Å²) in [7, 11) is 0. The summed E-state index contributed by atoms with van der Waals surface area (Å²) in [6.07, 6.45) is 0. The molecule has 0 aliphatic rings. The third-order valence-electron chi connectivity index (χ3n) is 4.91. The van der Waals surface area contributed by atoms with Crippen LogP contribution < -0.4 is 0 Å². The topological polar surface area (TPSA) is 17.1 Å². The lowest BCUT2D eigenvalue weighted by molar-refractivity contribution is 0.109.